The van der Waals surface area contributed by atoms with Crippen molar-refractivity contribution in [3.05, 3.63) is 29.8 Å². The third kappa shape index (κ3) is 4.42. The van der Waals surface area contributed by atoms with Gasteiger partial charge in [0.15, 0.2) is 0 Å². The molecule has 0 heterocycles. The van der Waals surface area contributed by atoms with Gasteiger partial charge in [-0.15, -0.1) is 23.6 Å². The van der Waals surface area contributed by atoms with Crippen molar-refractivity contribution in [2.45, 2.75) is 31.3 Å². The first-order valence-electron chi connectivity index (χ1n) is 5.04. The lowest BCUT2D eigenvalue weighted by molar-refractivity contribution is 0.199. The highest BCUT2D eigenvalue weighted by molar-refractivity contribution is 7.99. The molecule has 1 atom stereocenters. The fourth-order valence-electron chi connectivity index (χ4n) is 1.19. The average molecular weight is 220 g/mol. The summed E-state index contributed by atoms with van der Waals surface area (Å²) in [6.45, 7) is 3.64. The highest BCUT2D eigenvalue weighted by Crippen LogP contribution is 2.21. The molecule has 0 fully saturated rings. The molecule has 0 amide bonds. The lowest BCUT2D eigenvalue weighted by atomic mass is 10.1. The topological polar surface area (TPSA) is 20.2 Å². The van der Waals surface area contributed by atoms with Crippen LogP contribution in [0.1, 0.15) is 31.9 Å². The smallest absolute Gasteiger partial charge is 0.0761 e. The molecule has 15 heavy (non-hydrogen) atoms. The molecule has 80 valence electrons. The van der Waals surface area contributed by atoms with Crippen molar-refractivity contribution in [3.8, 4) is 11.8 Å². The Labute approximate surface area is 95.9 Å². The molecule has 0 spiro atoms. The summed E-state index contributed by atoms with van der Waals surface area (Å²) in [4.78, 5) is 1.23. The van der Waals surface area contributed by atoms with Gasteiger partial charge in [-0.3, -0.25) is 0 Å². The molecular weight excluding hydrogens is 204 g/mol. The number of benzene rings is 1. The van der Waals surface area contributed by atoms with Gasteiger partial charge >= 0.3 is 0 Å². The molecule has 1 aromatic carbocycles. The minimum Gasteiger partial charge on any atom is -0.389 e. The van der Waals surface area contributed by atoms with Gasteiger partial charge in [-0.25, -0.2) is 0 Å². The number of aliphatic hydroxyl groups is 1. The zero-order valence-electron chi connectivity index (χ0n) is 9.16. The molecule has 0 saturated heterocycles. The van der Waals surface area contributed by atoms with Gasteiger partial charge in [0.25, 0.3) is 0 Å². The second-order valence-corrected chi connectivity index (χ2v) is 4.44. The number of thioether (sulfide) groups is 1. The van der Waals surface area contributed by atoms with Crippen LogP contribution in [-0.2, 0) is 0 Å². The molecule has 0 saturated carbocycles. The number of hydrogen-bond donors (Lipinski definition) is 1. The predicted molar refractivity (Wildman–Crippen MR) is 65.9 cm³/mol. The van der Waals surface area contributed by atoms with Crippen molar-refractivity contribution in [2.75, 3.05) is 5.75 Å². The monoisotopic (exact) mass is 220 g/mol. The molecule has 0 aliphatic heterocycles. The fourth-order valence-corrected chi connectivity index (χ4v) is 1.96. The number of rotatable bonds is 4. The van der Waals surface area contributed by atoms with Gasteiger partial charge in [-0.05, 0) is 31.5 Å². The number of hydrogen-bond acceptors (Lipinski definition) is 2. The first kappa shape index (κ1) is 12.2. The largest absolute Gasteiger partial charge is 0.389 e. The first-order valence-corrected chi connectivity index (χ1v) is 6.03. The van der Waals surface area contributed by atoms with Gasteiger partial charge in [-0.1, -0.05) is 12.1 Å². The summed E-state index contributed by atoms with van der Waals surface area (Å²) in [5.41, 5.74) is 0.965. The third-order valence-corrected chi connectivity index (χ3v) is 3.05. The summed E-state index contributed by atoms with van der Waals surface area (Å²) in [5.74, 6) is 6.94. The van der Waals surface area contributed by atoms with E-state index in [0.29, 0.717) is 0 Å². The lowest BCUT2D eigenvalue weighted by Gasteiger charge is -2.05. The summed E-state index contributed by atoms with van der Waals surface area (Å²) in [6.07, 6.45) is 0.550. The molecule has 1 N–H and O–H groups in total. The van der Waals surface area contributed by atoms with Crippen LogP contribution in [0, 0.1) is 11.8 Å². The van der Waals surface area contributed by atoms with Gasteiger partial charge < -0.3 is 5.11 Å². The Morgan fingerprint density at radius 1 is 1.33 bits per heavy atom. The molecule has 2 heteroatoms. The Kier molecular flexibility index (Phi) is 5.31. The molecule has 0 bridgehead atoms. The van der Waals surface area contributed by atoms with Gasteiger partial charge in [0.1, 0.15) is 0 Å². The summed E-state index contributed by atoms with van der Waals surface area (Å²) in [5, 5.41) is 9.34. The highest BCUT2D eigenvalue weighted by Gasteiger charge is 1.99. The standard InChI is InChI=1S/C13H16OS/c1-3-4-5-10-15-13-8-6-12(7-9-13)11(2)14/h6-9,11,14H,5,10H2,1-2H3. The van der Waals surface area contributed by atoms with Crippen molar-refractivity contribution in [1.29, 1.82) is 0 Å². The third-order valence-electron chi connectivity index (χ3n) is 2.04. The zero-order chi connectivity index (χ0) is 11.1. The van der Waals surface area contributed by atoms with E-state index in [4.69, 9.17) is 0 Å². The molecular formula is C13H16OS. The van der Waals surface area contributed by atoms with Gasteiger partial charge in [0.05, 0.1) is 6.10 Å². The highest BCUT2D eigenvalue weighted by atomic mass is 32.2. The van der Waals surface area contributed by atoms with E-state index in [1.54, 1.807) is 18.7 Å². The Balaban J connectivity index is 2.45. The normalized spacial score (nSPS) is 11.7. The van der Waals surface area contributed by atoms with Gasteiger partial charge in [0.2, 0.25) is 0 Å². The van der Waals surface area contributed by atoms with Crippen LogP contribution in [0.25, 0.3) is 0 Å². The van der Waals surface area contributed by atoms with E-state index < -0.39 is 0 Å². The van der Waals surface area contributed by atoms with Crippen LogP contribution >= 0.6 is 11.8 Å². The Bertz CT molecular complexity index is 343. The van der Waals surface area contributed by atoms with Crippen molar-refractivity contribution < 1.29 is 5.11 Å². The van der Waals surface area contributed by atoms with E-state index in [0.717, 1.165) is 17.7 Å². The maximum Gasteiger partial charge on any atom is 0.0761 e. The maximum atomic E-state index is 9.34. The van der Waals surface area contributed by atoms with Crippen LogP contribution in [-0.4, -0.2) is 10.9 Å². The Morgan fingerprint density at radius 3 is 2.53 bits per heavy atom. The molecule has 0 aliphatic rings. The van der Waals surface area contributed by atoms with Crippen LogP contribution in [0.3, 0.4) is 0 Å². The van der Waals surface area contributed by atoms with Crippen molar-refractivity contribution in [2.24, 2.45) is 0 Å². The second-order valence-electron chi connectivity index (χ2n) is 3.27. The molecule has 0 aromatic heterocycles. The van der Waals surface area contributed by atoms with Crippen molar-refractivity contribution in [1.82, 2.24) is 0 Å². The second kappa shape index (κ2) is 6.55. The van der Waals surface area contributed by atoms with Crippen molar-refractivity contribution >= 4 is 11.8 Å². The summed E-state index contributed by atoms with van der Waals surface area (Å²) >= 11 is 1.80. The van der Waals surface area contributed by atoms with Gasteiger partial charge in [-0.2, -0.15) is 0 Å². The van der Waals surface area contributed by atoms with E-state index in [2.05, 4.69) is 11.8 Å². The van der Waals surface area contributed by atoms with Gasteiger partial charge in [0, 0.05) is 17.1 Å². The van der Waals surface area contributed by atoms with Crippen LogP contribution in [0.5, 0.6) is 0 Å². The summed E-state index contributed by atoms with van der Waals surface area (Å²) in [7, 11) is 0. The van der Waals surface area contributed by atoms with Crippen LogP contribution < -0.4 is 0 Å². The Morgan fingerprint density at radius 2 is 2.00 bits per heavy atom. The summed E-state index contributed by atoms with van der Waals surface area (Å²) < 4.78 is 0. The first-order chi connectivity index (χ1) is 7.24. The quantitative estimate of drug-likeness (QED) is 0.477. The molecule has 1 nitrogen and oxygen atoms in total. The predicted octanol–water partition coefficient (Wildman–Crippen LogP) is 3.25. The Hall–Kier alpha value is -0.910. The van der Waals surface area contributed by atoms with E-state index in [1.807, 2.05) is 31.2 Å². The molecule has 1 rings (SSSR count). The molecule has 0 radical (unpaired) electrons. The average Bonchev–Trinajstić information content (AvgIpc) is 2.25. The molecule has 0 aliphatic carbocycles. The van der Waals surface area contributed by atoms with Crippen molar-refractivity contribution in [3.63, 3.8) is 0 Å². The fraction of sp³-hybridized carbons (Fsp3) is 0.385. The van der Waals surface area contributed by atoms with Crippen LogP contribution in [0.4, 0.5) is 0 Å². The SMILES string of the molecule is CC#CCCSc1ccc(C(C)O)cc1. The van der Waals surface area contributed by atoms with E-state index >= 15 is 0 Å². The minimum atomic E-state index is -0.380. The van der Waals surface area contributed by atoms with Crippen LogP contribution in [0.15, 0.2) is 29.2 Å². The minimum absolute atomic E-state index is 0.380. The van der Waals surface area contributed by atoms with E-state index in [9.17, 15) is 5.11 Å². The zero-order valence-corrected chi connectivity index (χ0v) is 9.97. The maximum absolute atomic E-state index is 9.34. The summed E-state index contributed by atoms with van der Waals surface area (Å²) in [6, 6.07) is 8.04. The van der Waals surface area contributed by atoms with Crippen LogP contribution in [0.2, 0.25) is 0 Å². The molecule has 1 aromatic rings. The number of aliphatic hydroxyl groups excluding tert-OH is 1. The lowest BCUT2D eigenvalue weighted by Crippen LogP contribution is -1.89. The van der Waals surface area contributed by atoms with E-state index in [-0.39, 0.29) is 6.10 Å². The molecule has 1 unspecified atom stereocenters. The van der Waals surface area contributed by atoms with E-state index in [1.165, 1.54) is 4.90 Å².